The van der Waals surface area contributed by atoms with Crippen LogP contribution in [0.5, 0.6) is 0 Å². The number of nitrogens with zero attached hydrogens (tertiary/aromatic N) is 1. The second-order valence-electron chi connectivity index (χ2n) is 6.42. The lowest BCUT2D eigenvalue weighted by atomic mass is 9.90. The van der Waals surface area contributed by atoms with Gasteiger partial charge in [-0.1, -0.05) is 36.4 Å². The largest absolute Gasteiger partial charge is 0.297 e. The van der Waals surface area contributed by atoms with Gasteiger partial charge in [-0.3, -0.25) is 14.5 Å². The van der Waals surface area contributed by atoms with Gasteiger partial charge in [-0.25, -0.2) is 0 Å². The molecule has 0 unspecified atom stereocenters. The highest BCUT2D eigenvalue weighted by Crippen LogP contribution is 2.37. The summed E-state index contributed by atoms with van der Waals surface area (Å²) in [4.78, 5) is 27.1. The summed E-state index contributed by atoms with van der Waals surface area (Å²) in [5, 5.41) is 0. The van der Waals surface area contributed by atoms with Crippen LogP contribution < -0.4 is 0 Å². The maximum Gasteiger partial charge on any atom is 0.194 e. The number of likely N-dealkylation sites (N-methyl/N-ethyl adjacent to an activating group) is 1. The summed E-state index contributed by atoms with van der Waals surface area (Å²) in [6.45, 7) is 3.78. The molecule has 0 bridgehead atoms. The van der Waals surface area contributed by atoms with Crippen LogP contribution in [0.1, 0.15) is 40.1 Å². The summed E-state index contributed by atoms with van der Waals surface area (Å²) >= 11 is 0. The molecule has 3 rings (SSSR count). The predicted molar refractivity (Wildman–Crippen MR) is 87.4 cm³/mol. The summed E-state index contributed by atoms with van der Waals surface area (Å²) in [6, 6.07) is 13.0. The van der Waals surface area contributed by atoms with Gasteiger partial charge in [0, 0.05) is 16.7 Å². The molecule has 3 heteroatoms. The number of rotatable bonds is 3. The van der Waals surface area contributed by atoms with Crippen LogP contribution in [0.3, 0.4) is 0 Å². The summed E-state index contributed by atoms with van der Waals surface area (Å²) in [5.74, 6) is 0.0203. The maximum absolute atomic E-state index is 12.7. The molecule has 1 aliphatic rings. The van der Waals surface area contributed by atoms with Crippen molar-refractivity contribution in [2.45, 2.75) is 19.4 Å². The molecule has 0 spiro atoms. The molecule has 0 N–H and O–H groups in total. The fourth-order valence-corrected chi connectivity index (χ4v) is 2.73. The Morgan fingerprint density at radius 3 is 2.14 bits per heavy atom. The average molecular weight is 293 g/mol. The molecular formula is C19H19NO2. The van der Waals surface area contributed by atoms with E-state index in [4.69, 9.17) is 0 Å². The van der Waals surface area contributed by atoms with Crippen LogP contribution in [-0.4, -0.2) is 36.1 Å². The molecule has 2 aromatic rings. The molecular weight excluding hydrogens is 274 g/mol. The van der Waals surface area contributed by atoms with Gasteiger partial charge < -0.3 is 0 Å². The second kappa shape index (κ2) is 4.89. The fourth-order valence-electron chi connectivity index (χ4n) is 2.73. The molecule has 112 valence electrons. The van der Waals surface area contributed by atoms with Crippen LogP contribution in [0.4, 0.5) is 0 Å². The SMILES string of the molecule is CN(C)C(C)(C)C(=O)c1ccc2c(c1)C(=O)c1ccccc1-2. The van der Waals surface area contributed by atoms with Crippen LogP contribution in [-0.2, 0) is 0 Å². The Morgan fingerprint density at radius 2 is 1.50 bits per heavy atom. The number of benzene rings is 2. The van der Waals surface area contributed by atoms with E-state index in [2.05, 4.69) is 0 Å². The number of fused-ring (bicyclic) bond motifs is 3. The number of ketones is 2. The lowest BCUT2D eigenvalue weighted by Crippen LogP contribution is -2.45. The van der Waals surface area contributed by atoms with E-state index >= 15 is 0 Å². The van der Waals surface area contributed by atoms with Crippen molar-refractivity contribution in [3.05, 3.63) is 59.2 Å². The molecule has 0 radical (unpaired) electrons. The van der Waals surface area contributed by atoms with Crippen molar-refractivity contribution < 1.29 is 9.59 Å². The Bertz CT molecular complexity index is 788. The first-order valence-electron chi connectivity index (χ1n) is 7.34. The van der Waals surface area contributed by atoms with Crippen LogP contribution in [0.15, 0.2) is 42.5 Å². The lowest BCUT2D eigenvalue weighted by molar-refractivity contribution is 0.0755. The monoisotopic (exact) mass is 293 g/mol. The molecule has 2 aromatic carbocycles. The zero-order chi connectivity index (χ0) is 16.1. The van der Waals surface area contributed by atoms with Gasteiger partial charge in [-0.05, 0) is 45.1 Å². The van der Waals surface area contributed by atoms with Gasteiger partial charge in [0.15, 0.2) is 11.6 Å². The predicted octanol–water partition coefficient (Wildman–Crippen LogP) is 3.42. The van der Waals surface area contributed by atoms with Gasteiger partial charge in [0.05, 0.1) is 5.54 Å². The van der Waals surface area contributed by atoms with Crippen LogP contribution in [0, 0.1) is 0 Å². The van der Waals surface area contributed by atoms with Crippen molar-refractivity contribution in [2.75, 3.05) is 14.1 Å². The molecule has 0 aromatic heterocycles. The van der Waals surface area contributed by atoms with E-state index in [1.54, 1.807) is 6.07 Å². The van der Waals surface area contributed by atoms with Gasteiger partial charge in [0.25, 0.3) is 0 Å². The summed E-state index contributed by atoms with van der Waals surface area (Å²) in [6.07, 6.45) is 0. The van der Waals surface area contributed by atoms with Crippen molar-refractivity contribution in [1.29, 1.82) is 0 Å². The molecule has 0 amide bonds. The third-order valence-electron chi connectivity index (χ3n) is 4.66. The third-order valence-corrected chi connectivity index (χ3v) is 4.66. The number of hydrogen-bond donors (Lipinski definition) is 0. The molecule has 0 saturated heterocycles. The van der Waals surface area contributed by atoms with E-state index in [0.717, 1.165) is 11.1 Å². The van der Waals surface area contributed by atoms with E-state index in [-0.39, 0.29) is 11.6 Å². The van der Waals surface area contributed by atoms with E-state index in [9.17, 15) is 9.59 Å². The standard InChI is InChI=1S/C19H19NO2/c1-19(2,20(3)4)18(22)12-9-10-14-13-7-5-6-8-15(13)17(21)16(14)11-12/h5-11H,1-4H3. The number of carbonyl (C=O) groups is 2. The molecule has 0 heterocycles. The zero-order valence-corrected chi connectivity index (χ0v) is 13.3. The normalized spacial score (nSPS) is 13.2. The van der Waals surface area contributed by atoms with E-state index < -0.39 is 5.54 Å². The Kier molecular flexibility index (Phi) is 3.26. The molecule has 3 nitrogen and oxygen atoms in total. The van der Waals surface area contributed by atoms with Gasteiger partial charge in [-0.2, -0.15) is 0 Å². The summed E-state index contributed by atoms with van der Waals surface area (Å²) < 4.78 is 0. The van der Waals surface area contributed by atoms with Gasteiger partial charge in [0.2, 0.25) is 0 Å². The molecule has 0 fully saturated rings. The minimum atomic E-state index is -0.608. The third kappa shape index (κ3) is 2.01. The quantitative estimate of drug-likeness (QED) is 0.694. The van der Waals surface area contributed by atoms with Gasteiger partial charge >= 0.3 is 0 Å². The highest BCUT2D eigenvalue weighted by atomic mass is 16.1. The molecule has 22 heavy (non-hydrogen) atoms. The maximum atomic E-state index is 12.7. The Hall–Kier alpha value is -2.26. The first-order chi connectivity index (χ1) is 10.3. The first kappa shape index (κ1) is 14.7. The number of hydrogen-bond acceptors (Lipinski definition) is 3. The fraction of sp³-hybridized carbons (Fsp3) is 0.263. The Morgan fingerprint density at radius 1 is 0.909 bits per heavy atom. The number of Topliss-reactive ketones (excluding diaryl/α,β-unsaturated/α-hetero) is 1. The van der Waals surface area contributed by atoms with Crippen LogP contribution in [0.25, 0.3) is 11.1 Å². The summed E-state index contributed by atoms with van der Waals surface area (Å²) in [5.41, 5.74) is 3.19. The van der Waals surface area contributed by atoms with E-state index in [1.165, 1.54) is 0 Å². The minimum absolute atomic E-state index is 0.00269. The lowest BCUT2D eigenvalue weighted by Gasteiger charge is -2.31. The molecule has 0 saturated carbocycles. The molecule has 1 aliphatic carbocycles. The number of carbonyl (C=O) groups excluding carboxylic acids is 2. The van der Waals surface area contributed by atoms with E-state index in [1.807, 2.05) is 69.2 Å². The molecule has 0 atom stereocenters. The Balaban J connectivity index is 2.08. The summed E-state index contributed by atoms with van der Waals surface area (Å²) in [7, 11) is 3.76. The zero-order valence-electron chi connectivity index (χ0n) is 13.3. The van der Waals surface area contributed by atoms with Crippen molar-refractivity contribution in [3.8, 4) is 11.1 Å². The second-order valence-corrected chi connectivity index (χ2v) is 6.42. The van der Waals surface area contributed by atoms with Crippen molar-refractivity contribution in [2.24, 2.45) is 0 Å². The van der Waals surface area contributed by atoms with Gasteiger partial charge in [0.1, 0.15) is 0 Å². The van der Waals surface area contributed by atoms with Crippen LogP contribution in [0.2, 0.25) is 0 Å². The van der Waals surface area contributed by atoms with E-state index in [0.29, 0.717) is 16.7 Å². The van der Waals surface area contributed by atoms with Crippen molar-refractivity contribution in [1.82, 2.24) is 4.90 Å². The highest BCUT2D eigenvalue weighted by molar-refractivity contribution is 6.22. The minimum Gasteiger partial charge on any atom is -0.297 e. The molecule has 0 aliphatic heterocycles. The first-order valence-corrected chi connectivity index (χ1v) is 7.34. The van der Waals surface area contributed by atoms with Crippen molar-refractivity contribution in [3.63, 3.8) is 0 Å². The van der Waals surface area contributed by atoms with Crippen LogP contribution >= 0.6 is 0 Å². The Labute approximate surface area is 130 Å². The van der Waals surface area contributed by atoms with Crippen molar-refractivity contribution >= 4 is 11.6 Å². The topological polar surface area (TPSA) is 37.4 Å². The highest BCUT2D eigenvalue weighted by Gasteiger charge is 2.33. The smallest absolute Gasteiger partial charge is 0.194 e. The van der Waals surface area contributed by atoms with Gasteiger partial charge in [-0.15, -0.1) is 0 Å². The average Bonchev–Trinajstić information content (AvgIpc) is 2.79.